The van der Waals surface area contributed by atoms with Crippen LogP contribution in [0, 0.1) is 0 Å². The van der Waals surface area contributed by atoms with Crippen LogP contribution in [0.4, 0.5) is 0 Å². The second-order valence-corrected chi connectivity index (χ2v) is 8.10. The van der Waals surface area contributed by atoms with Crippen molar-refractivity contribution in [2.45, 2.75) is 42.5 Å². The number of carbonyl (C=O) groups excluding carboxylic acids is 2. The van der Waals surface area contributed by atoms with Gasteiger partial charge in [0, 0.05) is 10.1 Å². The van der Waals surface area contributed by atoms with Crippen molar-refractivity contribution < 1.29 is 19.5 Å². The van der Waals surface area contributed by atoms with E-state index < -0.39 is 22.8 Å². The van der Waals surface area contributed by atoms with Crippen molar-refractivity contribution in [3.05, 3.63) is 11.1 Å². The number of aliphatic carboxylic acids is 1. The summed E-state index contributed by atoms with van der Waals surface area (Å²) in [6.07, 6.45) is 0.0589. The summed E-state index contributed by atoms with van der Waals surface area (Å²) in [5.74, 6) is -1.69. The van der Waals surface area contributed by atoms with Crippen LogP contribution in [0.25, 0.3) is 0 Å². The van der Waals surface area contributed by atoms with E-state index in [0.29, 0.717) is 5.69 Å². The Hall–Kier alpha value is -1.68. The lowest BCUT2D eigenvalue weighted by molar-refractivity contribution is -0.161. The van der Waals surface area contributed by atoms with E-state index in [2.05, 4.69) is 14.9 Å². The molecular weight excluding hydrogens is 328 g/mol. The van der Waals surface area contributed by atoms with E-state index in [0.717, 1.165) is 11.5 Å². The minimum absolute atomic E-state index is 0.0589. The quantitative estimate of drug-likeness (QED) is 0.723. The highest BCUT2D eigenvalue weighted by Gasteiger charge is 2.64. The van der Waals surface area contributed by atoms with E-state index in [1.807, 2.05) is 0 Å². The number of aromatic nitrogens is 2. The number of fused-ring (bicyclic) bond motifs is 1. The lowest BCUT2D eigenvalue weighted by Gasteiger charge is -2.43. The number of carboxylic acids is 1. The van der Waals surface area contributed by atoms with Gasteiger partial charge in [-0.15, -0.1) is 16.9 Å². The maximum atomic E-state index is 12.2. The summed E-state index contributed by atoms with van der Waals surface area (Å²) in [5.41, 5.74) is 0.550. The maximum Gasteiger partial charge on any atom is 0.327 e. The van der Waals surface area contributed by atoms with Gasteiger partial charge in [0.2, 0.25) is 11.8 Å². The van der Waals surface area contributed by atoms with Crippen molar-refractivity contribution in [2.24, 2.45) is 0 Å². The van der Waals surface area contributed by atoms with E-state index in [9.17, 15) is 19.5 Å². The summed E-state index contributed by atoms with van der Waals surface area (Å²) in [7, 11) is 0. The summed E-state index contributed by atoms with van der Waals surface area (Å²) in [6.45, 7) is 3.59. The van der Waals surface area contributed by atoms with E-state index in [-0.39, 0.29) is 23.6 Å². The SMILES string of the molecule is CC1(C)S[C@@H]2[C@H](NC(=O)Cc3csnn3)C(=O)N2[C@H]1C(=O)O. The minimum Gasteiger partial charge on any atom is -0.480 e. The molecule has 0 saturated carbocycles. The van der Waals surface area contributed by atoms with E-state index in [1.165, 1.54) is 16.7 Å². The number of nitrogens with one attached hydrogen (secondary N) is 1. The highest BCUT2D eigenvalue weighted by Crippen LogP contribution is 2.50. The zero-order valence-electron chi connectivity index (χ0n) is 11.8. The summed E-state index contributed by atoms with van der Waals surface area (Å²) in [4.78, 5) is 36.9. The predicted octanol–water partition coefficient (Wildman–Crippen LogP) is -0.288. The first-order chi connectivity index (χ1) is 10.3. The smallest absolute Gasteiger partial charge is 0.327 e. The number of hydrogen-bond donors (Lipinski definition) is 2. The molecule has 2 amide bonds. The van der Waals surface area contributed by atoms with Crippen LogP contribution in [0.15, 0.2) is 5.38 Å². The molecule has 8 nitrogen and oxygen atoms in total. The highest BCUT2D eigenvalue weighted by molar-refractivity contribution is 8.01. The number of amides is 2. The second kappa shape index (κ2) is 5.20. The zero-order valence-corrected chi connectivity index (χ0v) is 13.5. The molecule has 2 fully saturated rings. The summed E-state index contributed by atoms with van der Waals surface area (Å²) in [5, 5.41) is 17.1. The molecule has 2 saturated heterocycles. The summed E-state index contributed by atoms with van der Waals surface area (Å²) < 4.78 is 3.08. The van der Waals surface area contributed by atoms with Gasteiger partial charge in [-0.3, -0.25) is 9.59 Å². The number of carbonyl (C=O) groups is 3. The minimum atomic E-state index is -1.02. The van der Waals surface area contributed by atoms with Crippen molar-refractivity contribution >= 4 is 41.1 Å². The van der Waals surface area contributed by atoms with Crippen molar-refractivity contribution in [3.8, 4) is 0 Å². The lowest BCUT2D eigenvalue weighted by Crippen LogP contribution is -2.70. The molecule has 0 unspecified atom stereocenters. The number of β-lactam (4-membered cyclic amide) rings is 1. The molecule has 10 heteroatoms. The highest BCUT2D eigenvalue weighted by atomic mass is 32.2. The zero-order chi connectivity index (χ0) is 16.1. The van der Waals surface area contributed by atoms with Crippen LogP contribution < -0.4 is 5.32 Å². The molecule has 1 aromatic heterocycles. The number of thioether (sulfide) groups is 1. The molecule has 2 N–H and O–H groups in total. The van der Waals surface area contributed by atoms with Gasteiger partial charge in [-0.05, 0) is 25.4 Å². The molecule has 0 bridgehead atoms. The van der Waals surface area contributed by atoms with Gasteiger partial charge in [-0.2, -0.15) is 0 Å². The second-order valence-electron chi connectivity index (χ2n) is 5.72. The Morgan fingerprint density at radius 2 is 2.23 bits per heavy atom. The van der Waals surface area contributed by atoms with Crippen LogP contribution in [0.1, 0.15) is 19.5 Å². The van der Waals surface area contributed by atoms with Gasteiger partial charge >= 0.3 is 5.97 Å². The first-order valence-corrected chi connectivity index (χ1v) is 8.31. The largest absolute Gasteiger partial charge is 0.480 e. The topological polar surface area (TPSA) is 112 Å². The molecule has 2 aliphatic rings. The van der Waals surface area contributed by atoms with Crippen LogP contribution in [0.5, 0.6) is 0 Å². The molecule has 3 atom stereocenters. The van der Waals surface area contributed by atoms with E-state index in [4.69, 9.17) is 0 Å². The fourth-order valence-electron chi connectivity index (χ4n) is 2.80. The number of hydrogen-bond acceptors (Lipinski definition) is 7. The van der Waals surface area contributed by atoms with Crippen LogP contribution >= 0.6 is 23.3 Å². The Kier molecular flexibility index (Phi) is 3.60. The Morgan fingerprint density at radius 3 is 2.82 bits per heavy atom. The molecule has 3 heterocycles. The fourth-order valence-corrected chi connectivity index (χ4v) is 4.87. The van der Waals surface area contributed by atoms with Crippen molar-refractivity contribution in [2.75, 3.05) is 0 Å². The average Bonchev–Trinajstić information content (AvgIpc) is 3.00. The van der Waals surface area contributed by atoms with Crippen LogP contribution in [0.2, 0.25) is 0 Å². The number of nitrogens with zero attached hydrogens (tertiary/aromatic N) is 3. The van der Waals surface area contributed by atoms with Crippen LogP contribution in [-0.4, -0.2) is 59.6 Å². The molecule has 0 radical (unpaired) electrons. The van der Waals surface area contributed by atoms with Crippen molar-refractivity contribution in [1.29, 1.82) is 0 Å². The summed E-state index contributed by atoms with van der Waals surface area (Å²) >= 11 is 2.55. The van der Waals surface area contributed by atoms with Gasteiger partial charge in [0.1, 0.15) is 17.5 Å². The average molecular weight is 342 g/mol. The van der Waals surface area contributed by atoms with Gasteiger partial charge in [0.25, 0.3) is 0 Å². The molecule has 2 aliphatic heterocycles. The summed E-state index contributed by atoms with van der Waals surface area (Å²) in [6, 6.07) is -1.54. The molecule has 22 heavy (non-hydrogen) atoms. The van der Waals surface area contributed by atoms with Crippen LogP contribution in [-0.2, 0) is 20.8 Å². The third-order valence-electron chi connectivity index (χ3n) is 3.74. The lowest BCUT2D eigenvalue weighted by atomic mass is 9.96. The molecule has 1 aromatic rings. The van der Waals surface area contributed by atoms with E-state index >= 15 is 0 Å². The van der Waals surface area contributed by atoms with Gasteiger partial charge in [0.05, 0.1) is 12.1 Å². The maximum absolute atomic E-state index is 12.2. The number of carboxylic acid groups (broad SMARTS) is 1. The van der Waals surface area contributed by atoms with Crippen molar-refractivity contribution in [3.63, 3.8) is 0 Å². The molecule has 0 aromatic carbocycles. The van der Waals surface area contributed by atoms with E-state index in [1.54, 1.807) is 19.2 Å². The normalized spacial score (nSPS) is 28.9. The Morgan fingerprint density at radius 1 is 1.50 bits per heavy atom. The molecule has 0 spiro atoms. The third-order valence-corrected chi connectivity index (χ3v) is 5.86. The molecular formula is C12H14N4O4S2. The van der Waals surface area contributed by atoms with Gasteiger partial charge in [-0.25, -0.2) is 4.79 Å². The van der Waals surface area contributed by atoms with Gasteiger partial charge in [-0.1, -0.05) is 4.49 Å². The molecule has 0 aliphatic carbocycles. The molecule has 118 valence electrons. The monoisotopic (exact) mass is 342 g/mol. The predicted molar refractivity (Wildman–Crippen MR) is 79.3 cm³/mol. The first-order valence-electron chi connectivity index (χ1n) is 6.59. The standard InChI is InChI=1S/C12H14N4O4S2/c1-12(2)8(11(19)20)16-9(18)7(10(16)22-12)13-6(17)3-5-4-21-15-14-5/h4,7-8,10H,3H2,1-2H3,(H,13,17)(H,19,20)/t7-,8+,10-/m1/s1. The first kappa shape index (κ1) is 15.2. The fraction of sp³-hybridized carbons (Fsp3) is 0.583. The van der Waals surface area contributed by atoms with Crippen molar-refractivity contribution in [1.82, 2.24) is 19.8 Å². The van der Waals surface area contributed by atoms with Gasteiger partial charge in [0.15, 0.2) is 0 Å². The molecule has 3 rings (SSSR count). The van der Waals surface area contributed by atoms with Gasteiger partial charge < -0.3 is 15.3 Å². The Balaban J connectivity index is 1.67. The number of rotatable bonds is 4. The third kappa shape index (κ3) is 2.35. The Labute approximate surface area is 134 Å². The van der Waals surface area contributed by atoms with Crippen LogP contribution in [0.3, 0.4) is 0 Å². The Bertz CT molecular complexity index is 633.